The van der Waals surface area contributed by atoms with Gasteiger partial charge in [-0.15, -0.1) is 0 Å². The zero-order chi connectivity index (χ0) is 14.7. The van der Waals surface area contributed by atoms with Crippen molar-refractivity contribution in [1.29, 1.82) is 0 Å². The van der Waals surface area contributed by atoms with Crippen LogP contribution in [0.5, 0.6) is 0 Å². The first-order valence-electron chi connectivity index (χ1n) is 6.14. The Bertz CT molecular complexity index is 758. The molecule has 0 saturated carbocycles. The van der Waals surface area contributed by atoms with Gasteiger partial charge in [-0.1, -0.05) is 18.2 Å². The van der Waals surface area contributed by atoms with Crippen molar-refractivity contribution >= 4 is 5.97 Å². The van der Waals surface area contributed by atoms with Gasteiger partial charge in [-0.05, 0) is 25.5 Å². The van der Waals surface area contributed by atoms with Gasteiger partial charge in [0.05, 0.1) is 12.3 Å². The number of aryl methyl sites for hydroxylation is 1. The Morgan fingerprint density at radius 1 is 1.30 bits per heavy atom. The lowest BCUT2D eigenvalue weighted by Gasteiger charge is -2.09. The molecule has 104 valence electrons. The predicted molar refractivity (Wildman–Crippen MR) is 73.4 cm³/mol. The number of rotatable bonds is 3. The second-order valence-corrected chi connectivity index (χ2v) is 4.16. The molecule has 20 heavy (non-hydrogen) atoms. The monoisotopic (exact) mass is 274 g/mol. The highest BCUT2D eigenvalue weighted by Gasteiger charge is 2.17. The third-order valence-corrected chi connectivity index (χ3v) is 2.83. The molecule has 0 saturated heterocycles. The largest absolute Gasteiger partial charge is 0.462 e. The summed E-state index contributed by atoms with van der Waals surface area (Å²) in [4.78, 5) is 38.3. The highest BCUT2D eigenvalue weighted by Crippen LogP contribution is 2.09. The molecule has 0 atom stereocenters. The van der Waals surface area contributed by atoms with Crippen molar-refractivity contribution in [3.8, 4) is 5.69 Å². The molecule has 0 bridgehead atoms. The molecule has 2 rings (SSSR count). The highest BCUT2D eigenvalue weighted by molar-refractivity contribution is 5.88. The molecule has 0 radical (unpaired) electrons. The third kappa shape index (κ3) is 2.40. The summed E-state index contributed by atoms with van der Waals surface area (Å²) in [5.74, 6) is -0.754. The van der Waals surface area contributed by atoms with Crippen molar-refractivity contribution in [2.75, 3.05) is 6.61 Å². The van der Waals surface area contributed by atoms with Crippen molar-refractivity contribution in [1.82, 2.24) is 9.55 Å². The Kier molecular flexibility index (Phi) is 3.84. The quantitative estimate of drug-likeness (QED) is 0.847. The van der Waals surface area contributed by atoms with Gasteiger partial charge < -0.3 is 9.72 Å². The molecule has 0 spiro atoms. The topological polar surface area (TPSA) is 81.2 Å². The Labute approximate surface area is 114 Å². The lowest BCUT2D eigenvalue weighted by atomic mass is 10.2. The van der Waals surface area contributed by atoms with Gasteiger partial charge in [0, 0.05) is 6.20 Å². The van der Waals surface area contributed by atoms with Crippen LogP contribution in [0.1, 0.15) is 22.8 Å². The summed E-state index contributed by atoms with van der Waals surface area (Å²) >= 11 is 0. The van der Waals surface area contributed by atoms with E-state index in [9.17, 15) is 14.4 Å². The smallest absolute Gasteiger partial charge is 0.345 e. The summed E-state index contributed by atoms with van der Waals surface area (Å²) in [6.45, 7) is 3.57. The molecule has 2 aromatic rings. The maximum absolute atomic E-state index is 12.3. The van der Waals surface area contributed by atoms with Gasteiger partial charge in [0.15, 0.2) is 0 Å². The molecule has 0 amide bonds. The number of carbonyl (C=O) groups excluding carboxylic acids is 1. The minimum Gasteiger partial charge on any atom is -0.462 e. The molecule has 0 unspecified atom stereocenters. The van der Waals surface area contributed by atoms with E-state index >= 15 is 0 Å². The molecular weight excluding hydrogens is 260 g/mol. The zero-order valence-electron chi connectivity index (χ0n) is 11.2. The van der Waals surface area contributed by atoms with E-state index in [0.29, 0.717) is 5.69 Å². The summed E-state index contributed by atoms with van der Waals surface area (Å²) < 4.78 is 5.73. The summed E-state index contributed by atoms with van der Waals surface area (Å²) in [6, 6.07) is 6.93. The van der Waals surface area contributed by atoms with Gasteiger partial charge in [0.2, 0.25) is 0 Å². The molecule has 1 N–H and O–H groups in total. The fourth-order valence-electron chi connectivity index (χ4n) is 1.86. The minimum absolute atomic E-state index is 0.155. The van der Waals surface area contributed by atoms with Gasteiger partial charge in [-0.3, -0.25) is 4.79 Å². The van der Waals surface area contributed by atoms with Crippen molar-refractivity contribution in [3.05, 3.63) is 62.4 Å². The number of benzene rings is 1. The summed E-state index contributed by atoms with van der Waals surface area (Å²) in [5.41, 5.74) is -0.306. The first-order valence-corrected chi connectivity index (χ1v) is 6.14. The second kappa shape index (κ2) is 5.56. The lowest BCUT2D eigenvalue weighted by Crippen LogP contribution is -2.37. The van der Waals surface area contributed by atoms with Crippen LogP contribution < -0.4 is 11.2 Å². The Morgan fingerprint density at radius 3 is 2.65 bits per heavy atom. The van der Waals surface area contributed by atoms with Crippen molar-refractivity contribution < 1.29 is 9.53 Å². The van der Waals surface area contributed by atoms with E-state index in [1.165, 1.54) is 0 Å². The van der Waals surface area contributed by atoms with Crippen LogP contribution >= 0.6 is 0 Å². The highest BCUT2D eigenvalue weighted by atomic mass is 16.5. The van der Waals surface area contributed by atoms with Crippen molar-refractivity contribution in [2.24, 2.45) is 0 Å². The van der Waals surface area contributed by atoms with Gasteiger partial charge in [0.1, 0.15) is 5.56 Å². The molecule has 6 nitrogen and oxygen atoms in total. The Balaban J connectivity index is 2.69. The fraction of sp³-hybridized carbons (Fsp3) is 0.214. The summed E-state index contributed by atoms with van der Waals surface area (Å²) in [7, 11) is 0. The van der Waals surface area contributed by atoms with Gasteiger partial charge in [0.25, 0.3) is 5.56 Å². The fourth-order valence-corrected chi connectivity index (χ4v) is 1.86. The molecule has 1 aromatic heterocycles. The predicted octanol–water partition coefficient (Wildman–Crippen LogP) is 1.01. The first kappa shape index (κ1) is 13.8. The van der Waals surface area contributed by atoms with E-state index < -0.39 is 17.2 Å². The Morgan fingerprint density at radius 2 is 2.00 bits per heavy atom. The number of hydrogen-bond acceptors (Lipinski definition) is 4. The maximum atomic E-state index is 12.3. The first-order chi connectivity index (χ1) is 9.56. The number of H-pyrrole nitrogens is 1. The molecule has 1 aromatic carbocycles. The third-order valence-electron chi connectivity index (χ3n) is 2.83. The number of esters is 1. The number of ether oxygens (including phenoxy) is 1. The van der Waals surface area contributed by atoms with E-state index in [-0.39, 0.29) is 12.2 Å². The molecule has 0 aliphatic heterocycles. The van der Waals surface area contributed by atoms with Crippen molar-refractivity contribution in [2.45, 2.75) is 13.8 Å². The van der Waals surface area contributed by atoms with Crippen LogP contribution in [-0.2, 0) is 4.74 Å². The van der Waals surface area contributed by atoms with E-state index in [4.69, 9.17) is 4.74 Å². The van der Waals surface area contributed by atoms with Gasteiger partial charge >= 0.3 is 11.7 Å². The van der Waals surface area contributed by atoms with Crippen LogP contribution in [0.4, 0.5) is 0 Å². The number of para-hydroxylation sites is 1. The Hall–Kier alpha value is -2.63. The number of carbonyl (C=O) groups is 1. The van der Waals surface area contributed by atoms with Crippen LogP contribution in [-0.4, -0.2) is 22.1 Å². The van der Waals surface area contributed by atoms with E-state index in [0.717, 1.165) is 16.3 Å². The van der Waals surface area contributed by atoms with Gasteiger partial charge in [-0.25, -0.2) is 14.2 Å². The molecular formula is C14H14N2O4. The molecule has 1 heterocycles. The summed E-state index contributed by atoms with van der Waals surface area (Å²) in [5, 5.41) is 0. The maximum Gasteiger partial charge on any atom is 0.345 e. The standard InChI is InChI=1S/C14H14N2O4/c1-3-20-13(18)10-8-15-14(19)16(12(10)17)11-7-5-4-6-9(11)2/h4-8H,3H2,1-2H3,(H,15,19). The summed E-state index contributed by atoms with van der Waals surface area (Å²) in [6.07, 6.45) is 1.08. The number of aromatic amines is 1. The molecule has 0 fully saturated rings. The molecule has 0 aliphatic carbocycles. The van der Waals surface area contributed by atoms with Crippen LogP contribution in [0.2, 0.25) is 0 Å². The number of nitrogens with zero attached hydrogens (tertiary/aromatic N) is 1. The minimum atomic E-state index is -0.754. The SMILES string of the molecule is CCOC(=O)c1c[nH]c(=O)n(-c2ccccc2C)c1=O. The van der Waals surface area contributed by atoms with Crippen LogP contribution in [0.25, 0.3) is 5.69 Å². The van der Waals surface area contributed by atoms with Crippen LogP contribution in [0.3, 0.4) is 0 Å². The molecule has 0 aliphatic rings. The van der Waals surface area contributed by atoms with Crippen molar-refractivity contribution in [3.63, 3.8) is 0 Å². The van der Waals surface area contributed by atoms with E-state index in [2.05, 4.69) is 4.98 Å². The average Bonchev–Trinajstić information content (AvgIpc) is 2.41. The van der Waals surface area contributed by atoms with E-state index in [1.54, 1.807) is 38.1 Å². The zero-order valence-corrected chi connectivity index (χ0v) is 11.2. The van der Waals surface area contributed by atoms with Crippen LogP contribution in [0, 0.1) is 6.92 Å². The number of aromatic nitrogens is 2. The number of hydrogen-bond donors (Lipinski definition) is 1. The lowest BCUT2D eigenvalue weighted by molar-refractivity contribution is 0.0523. The van der Waals surface area contributed by atoms with Crippen LogP contribution in [0.15, 0.2) is 40.1 Å². The number of nitrogens with one attached hydrogen (secondary N) is 1. The molecule has 6 heteroatoms. The normalized spacial score (nSPS) is 10.3. The average molecular weight is 274 g/mol. The van der Waals surface area contributed by atoms with E-state index in [1.807, 2.05) is 0 Å². The van der Waals surface area contributed by atoms with Gasteiger partial charge in [-0.2, -0.15) is 0 Å². The second-order valence-electron chi connectivity index (χ2n) is 4.16.